The van der Waals surface area contributed by atoms with Crippen LogP contribution in [0, 0.1) is 12.8 Å². The summed E-state index contributed by atoms with van der Waals surface area (Å²) in [6.45, 7) is 9.57. The summed E-state index contributed by atoms with van der Waals surface area (Å²) in [5.74, 6) is 0.643. The lowest BCUT2D eigenvalue weighted by atomic mass is 10.1. The maximum atomic E-state index is 5.66. The predicted octanol–water partition coefficient (Wildman–Crippen LogP) is 2.48. The number of hydrogen-bond donors (Lipinski definition) is 1. The molecule has 2 heterocycles. The molecule has 1 aliphatic heterocycles. The van der Waals surface area contributed by atoms with Crippen molar-refractivity contribution in [2.45, 2.75) is 52.7 Å². The molecular formula is C16H27N3O2. The Morgan fingerprint density at radius 3 is 2.95 bits per heavy atom. The van der Waals surface area contributed by atoms with E-state index in [2.05, 4.69) is 29.1 Å². The van der Waals surface area contributed by atoms with Gasteiger partial charge < -0.3 is 14.8 Å². The van der Waals surface area contributed by atoms with Crippen LogP contribution in [0.5, 0.6) is 6.01 Å². The van der Waals surface area contributed by atoms with Gasteiger partial charge in [0, 0.05) is 30.6 Å². The fourth-order valence-electron chi connectivity index (χ4n) is 2.32. The first-order chi connectivity index (χ1) is 10.1. The van der Waals surface area contributed by atoms with Gasteiger partial charge in [-0.25, -0.2) is 9.97 Å². The third kappa shape index (κ3) is 5.59. The van der Waals surface area contributed by atoms with E-state index < -0.39 is 0 Å². The van der Waals surface area contributed by atoms with E-state index in [1.54, 1.807) is 0 Å². The molecule has 2 rings (SSSR count). The van der Waals surface area contributed by atoms with E-state index in [1.807, 2.05) is 13.1 Å². The summed E-state index contributed by atoms with van der Waals surface area (Å²) < 4.78 is 11.3. The summed E-state index contributed by atoms with van der Waals surface area (Å²) in [7, 11) is 0. The topological polar surface area (TPSA) is 56.3 Å². The molecule has 1 aliphatic rings. The van der Waals surface area contributed by atoms with Gasteiger partial charge in [0.25, 0.3) is 0 Å². The van der Waals surface area contributed by atoms with Gasteiger partial charge in [0.1, 0.15) is 6.61 Å². The van der Waals surface area contributed by atoms with Gasteiger partial charge in [-0.2, -0.15) is 0 Å². The highest BCUT2D eigenvalue weighted by Gasteiger charge is 2.15. The largest absolute Gasteiger partial charge is 0.461 e. The van der Waals surface area contributed by atoms with Crippen molar-refractivity contribution < 1.29 is 9.47 Å². The third-order valence-electron chi connectivity index (χ3n) is 3.60. The number of nitrogens with one attached hydrogen (secondary N) is 1. The van der Waals surface area contributed by atoms with Gasteiger partial charge in [0.2, 0.25) is 0 Å². The van der Waals surface area contributed by atoms with Crippen LogP contribution in [0.2, 0.25) is 0 Å². The second-order valence-corrected chi connectivity index (χ2v) is 6.09. The average Bonchev–Trinajstić information content (AvgIpc) is 2.48. The zero-order chi connectivity index (χ0) is 15.1. The van der Waals surface area contributed by atoms with Gasteiger partial charge in [-0.05, 0) is 38.6 Å². The molecule has 118 valence electrons. The molecule has 0 saturated carbocycles. The van der Waals surface area contributed by atoms with Crippen molar-refractivity contribution in [3.8, 4) is 6.01 Å². The van der Waals surface area contributed by atoms with Gasteiger partial charge in [-0.15, -0.1) is 0 Å². The van der Waals surface area contributed by atoms with Crippen molar-refractivity contribution in [1.29, 1.82) is 0 Å². The van der Waals surface area contributed by atoms with Crippen molar-refractivity contribution >= 4 is 0 Å². The maximum absolute atomic E-state index is 5.66. The smallest absolute Gasteiger partial charge is 0.316 e. The van der Waals surface area contributed by atoms with Crippen LogP contribution in [0.15, 0.2) is 6.20 Å². The Hall–Kier alpha value is -1.20. The molecule has 0 bridgehead atoms. The minimum atomic E-state index is 0.190. The van der Waals surface area contributed by atoms with Crippen LogP contribution < -0.4 is 10.1 Å². The van der Waals surface area contributed by atoms with E-state index in [0.717, 1.165) is 43.8 Å². The second kappa shape index (κ2) is 8.29. The first kappa shape index (κ1) is 16.2. The summed E-state index contributed by atoms with van der Waals surface area (Å²) in [5, 5.41) is 3.40. The number of nitrogens with zero attached hydrogens (tertiary/aromatic N) is 2. The number of aromatic nitrogens is 2. The van der Waals surface area contributed by atoms with E-state index in [0.29, 0.717) is 18.5 Å². The van der Waals surface area contributed by atoms with E-state index in [9.17, 15) is 0 Å². The van der Waals surface area contributed by atoms with Gasteiger partial charge in [-0.3, -0.25) is 0 Å². The highest BCUT2D eigenvalue weighted by molar-refractivity contribution is 5.17. The fraction of sp³-hybridized carbons (Fsp3) is 0.750. The Kier molecular flexibility index (Phi) is 6.39. The standard InChI is InChI=1S/C16H27N3O2/c1-12(2)8-17-9-14-10-18-16(19-13(14)3)21-11-15-6-4-5-7-20-15/h10,12,15,17H,4-9,11H2,1-3H3. The Labute approximate surface area is 127 Å². The molecule has 0 spiro atoms. The van der Waals surface area contributed by atoms with E-state index in [-0.39, 0.29) is 6.10 Å². The molecule has 0 aromatic carbocycles. The van der Waals surface area contributed by atoms with Crippen LogP contribution in [0.3, 0.4) is 0 Å². The highest BCUT2D eigenvalue weighted by atomic mass is 16.5. The van der Waals surface area contributed by atoms with Crippen LogP contribution in [-0.4, -0.2) is 35.8 Å². The average molecular weight is 293 g/mol. The molecule has 1 fully saturated rings. The molecule has 1 aromatic rings. The molecule has 0 radical (unpaired) electrons. The fourth-order valence-corrected chi connectivity index (χ4v) is 2.32. The predicted molar refractivity (Wildman–Crippen MR) is 82.4 cm³/mol. The summed E-state index contributed by atoms with van der Waals surface area (Å²) in [4.78, 5) is 8.72. The van der Waals surface area contributed by atoms with Crippen LogP contribution in [0.1, 0.15) is 44.4 Å². The van der Waals surface area contributed by atoms with Crippen LogP contribution >= 0.6 is 0 Å². The molecule has 0 amide bonds. The second-order valence-electron chi connectivity index (χ2n) is 6.09. The maximum Gasteiger partial charge on any atom is 0.316 e. The molecular weight excluding hydrogens is 266 g/mol. The minimum Gasteiger partial charge on any atom is -0.461 e. The van der Waals surface area contributed by atoms with Gasteiger partial charge in [0.15, 0.2) is 0 Å². The molecule has 1 atom stereocenters. The van der Waals surface area contributed by atoms with Crippen LogP contribution in [0.25, 0.3) is 0 Å². The molecule has 1 unspecified atom stereocenters. The summed E-state index contributed by atoms with van der Waals surface area (Å²) in [6, 6.07) is 0.453. The van der Waals surface area contributed by atoms with Crippen molar-refractivity contribution in [2.75, 3.05) is 19.8 Å². The van der Waals surface area contributed by atoms with Gasteiger partial charge in [0.05, 0.1) is 6.10 Å². The molecule has 5 nitrogen and oxygen atoms in total. The molecule has 0 aliphatic carbocycles. The zero-order valence-corrected chi connectivity index (χ0v) is 13.4. The molecule has 1 saturated heterocycles. The lowest BCUT2D eigenvalue weighted by Crippen LogP contribution is -2.26. The molecule has 5 heteroatoms. The van der Waals surface area contributed by atoms with Crippen molar-refractivity contribution in [2.24, 2.45) is 5.92 Å². The normalized spacial score (nSPS) is 19.0. The van der Waals surface area contributed by atoms with Crippen LogP contribution in [0.4, 0.5) is 0 Å². The molecule has 1 N–H and O–H groups in total. The Morgan fingerprint density at radius 2 is 2.29 bits per heavy atom. The monoisotopic (exact) mass is 293 g/mol. The number of aryl methyl sites for hydroxylation is 1. The number of ether oxygens (including phenoxy) is 2. The summed E-state index contributed by atoms with van der Waals surface area (Å²) in [6.07, 6.45) is 5.48. The summed E-state index contributed by atoms with van der Waals surface area (Å²) in [5.41, 5.74) is 2.10. The number of rotatable bonds is 7. The quantitative estimate of drug-likeness (QED) is 0.837. The van der Waals surface area contributed by atoms with Gasteiger partial charge >= 0.3 is 6.01 Å². The lowest BCUT2D eigenvalue weighted by molar-refractivity contribution is -0.0129. The van der Waals surface area contributed by atoms with E-state index in [1.165, 1.54) is 6.42 Å². The SMILES string of the molecule is Cc1nc(OCC2CCCCO2)ncc1CNCC(C)C. The van der Waals surface area contributed by atoms with E-state index >= 15 is 0 Å². The number of hydrogen-bond acceptors (Lipinski definition) is 5. The van der Waals surface area contributed by atoms with Crippen molar-refractivity contribution in [1.82, 2.24) is 15.3 Å². The van der Waals surface area contributed by atoms with E-state index in [4.69, 9.17) is 9.47 Å². The van der Waals surface area contributed by atoms with Crippen LogP contribution in [-0.2, 0) is 11.3 Å². The van der Waals surface area contributed by atoms with Gasteiger partial charge in [-0.1, -0.05) is 13.8 Å². The van der Waals surface area contributed by atoms with Crippen molar-refractivity contribution in [3.63, 3.8) is 0 Å². The lowest BCUT2D eigenvalue weighted by Gasteiger charge is -2.22. The first-order valence-corrected chi connectivity index (χ1v) is 7.92. The zero-order valence-electron chi connectivity index (χ0n) is 13.4. The minimum absolute atomic E-state index is 0.190. The first-order valence-electron chi connectivity index (χ1n) is 7.92. The summed E-state index contributed by atoms with van der Waals surface area (Å²) >= 11 is 0. The Bertz CT molecular complexity index is 432. The third-order valence-corrected chi connectivity index (χ3v) is 3.60. The Morgan fingerprint density at radius 1 is 1.43 bits per heavy atom. The Balaban J connectivity index is 1.80. The highest BCUT2D eigenvalue weighted by Crippen LogP contribution is 2.14. The van der Waals surface area contributed by atoms with Crippen molar-refractivity contribution in [3.05, 3.63) is 17.5 Å². The molecule has 21 heavy (non-hydrogen) atoms. The molecule has 1 aromatic heterocycles.